The molecule has 1 unspecified atom stereocenters. The van der Waals surface area contributed by atoms with Gasteiger partial charge in [0.05, 0.1) is 12.0 Å². The van der Waals surface area contributed by atoms with Gasteiger partial charge in [-0.15, -0.1) is 0 Å². The third kappa shape index (κ3) is 6.06. The first kappa shape index (κ1) is 20.9. The first-order valence-electron chi connectivity index (χ1n) is 7.57. The van der Waals surface area contributed by atoms with Gasteiger partial charge >= 0.3 is 13.7 Å². The maximum Gasteiger partial charge on any atom is 0.513 e. The second kappa shape index (κ2) is 8.98. The number of non-ortho nitro benzene ring substituents is 1. The van der Waals surface area contributed by atoms with Gasteiger partial charge in [0.1, 0.15) is 17.5 Å². The molecule has 0 heterocycles. The molecule has 144 valence electrons. The fourth-order valence-electron chi connectivity index (χ4n) is 1.94. The minimum atomic E-state index is -4.08. The molecule has 9 nitrogen and oxygen atoms in total. The van der Waals surface area contributed by atoms with Crippen LogP contribution in [0.1, 0.15) is 6.92 Å². The number of hydrogen-bond donors (Lipinski definition) is 1. The van der Waals surface area contributed by atoms with Gasteiger partial charge in [0, 0.05) is 16.6 Å². The number of carbonyl (C=O) groups is 1. The van der Waals surface area contributed by atoms with Gasteiger partial charge in [0.25, 0.3) is 5.69 Å². The molecule has 11 heteroatoms. The topological polar surface area (TPSA) is 117 Å². The van der Waals surface area contributed by atoms with E-state index in [1.807, 2.05) is 0 Å². The van der Waals surface area contributed by atoms with E-state index in [9.17, 15) is 19.5 Å². The van der Waals surface area contributed by atoms with Crippen molar-refractivity contribution in [2.24, 2.45) is 0 Å². The first-order valence-corrected chi connectivity index (χ1v) is 9.91. The zero-order chi connectivity index (χ0) is 20.0. The molecule has 0 radical (unpaired) electrons. The molecule has 2 aromatic carbocycles. The maximum absolute atomic E-state index is 13.2. The smallest absolute Gasteiger partial charge is 0.468 e. The van der Waals surface area contributed by atoms with Crippen LogP contribution in [-0.4, -0.2) is 24.0 Å². The average Bonchev–Trinajstić information content (AvgIpc) is 2.63. The predicted octanol–water partition coefficient (Wildman–Crippen LogP) is 4.07. The summed E-state index contributed by atoms with van der Waals surface area (Å²) in [5.74, 6) is -0.374. The van der Waals surface area contributed by atoms with E-state index in [1.54, 1.807) is 24.3 Å². The molecule has 2 atom stereocenters. The Bertz CT molecular complexity index is 858. The Morgan fingerprint density at radius 2 is 1.59 bits per heavy atom. The molecule has 0 saturated heterocycles. The number of carbonyl (C=O) groups excluding carboxylic acids is 1. The molecule has 0 saturated carbocycles. The van der Waals surface area contributed by atoms with Crippen molar-refractivity contribution in [3.63, 3.8) is 0 Å². The Labute approximate surface area is 163 Å². The zero-order valence-electron chi connectivity index (χ0n) is 14.3. The lowest BCUT2D eigenvalue weighted by molar-refractivity contribution is -0.384. The molecule has 0 bridgehead atoms. The van der Waals surface area contributed by atoms with Crippen molar-refractivity contribution in [1.82, 2.24) is 5.09 Å². The van der Waals surface area contributed by atoms with Crippen LogP contribution in [0.2, 0.25) is 0 Å². The summed E-state index contributed by atoms with van der Waals surface area (Å²) in [4.78, 5) is 21.8. The summed E-state index contributed by atoms with van der Waals surface area (Å²) in [5, 5.41) is 13.2. The molecular weight excluding hydrogens is 443 g/mol. The lowest BCUT2D eigenvalue weighted by Crippen LogP contribution is -2.35. The number of nitrogens with one attached hydrogen (secondary N) is 1. The van der Waals surface area contributed by atoms with Crippen LogP contribution < -0.4 is 14.1 Å². The lowest BCUT2D eigenvalue weighted by Gasteiger charge is -2.22. The van der Waals surface area contributed by atoms with Crippen molar-refractivity contribution < 1.29 is 28.1 Å². The van der Waals surface area contributed by atoms with Crippen molar-refractivity contribution in [3.8, 4) is 11.5 Å². The molecule has 2 rings (SSSR count). The monoisotopic (exact) mass is 458 g/mol. The van der Waals surface area contributed by atoms with E-state index in [-0.39, 0.29) is 17.2 Å². The third-order valence-corrected chi connectivity index (χ3v) is 5.35. The second-order valence-corrected chi connectivity index (χ2v) is 7.79. The highest BCUT2D eigenvalue weighted by atomic mass is 79.9. The summed E-state index contributed by atoms with van der Waals surface area (Å²) in [5.41, 5.74) is -0.151. The number of benzene rings is 2. The van der Waals surface area contributed by atoms with Crippen LogP contribution in [-0.2, 0) is 14.1 Å². The number of nitro benzene ring substituents is 1. The molecule has 1 N–H and O–H groups in total. The highest BCUT2D eigenvalue weighted by molar-refractivity contribution is 9.10. The Balaban J connectivity index is 2.27. The maximum atomic E-state index is 13.2. The molecule has 0 spiro atoms. The van der Waals surface area contributed by atoms with E-state index in [4.69, 9.17) is 9.05 Å². The van der Waals surface area contributed by atoms with Crippen LogP contribution in [0.4, 0.5) is 5.69 Å². The number of nitro groups is 1. The normalized spacial score (nSPS) is 13.9. The van der Waals surface area contributed by atoms with Crippen molar-refractivity contribution in [2.75, 3.05) is 7.11 Å². The third-order valence-electron chi connectivity index (χ3n) is 3.22. The lowest BCUT2D eigenvalue weighted by atomic mass is 10.3. The van der Waals surface area contributed by atoms with E-state index in [1.165, 1.54) is 38.3 Å². The molecule has 0 aliphatic carbocycles. The van der Waals surface area contributed by atoms with Crippen LogP contribution in [0.5, 0.6) is 11.5 Å². The van der Waals surface area contributed by atoms with Gasteiger partial charge in [-0.2, -0.15) is 5.09 Å². The molecule has 0 aliphatic heterocycles. The van der Waals surface area contributed by atoms with E-state index in [2.05, 4.69) is 25.8 Å². The Hall–Kier alpha value is -2.42. The minimum Gasteiger partial charge on any atom is -0.468 e. The standard InChI is InChI=1S/C16H16BrN2O7P/c1-11(16(20)24-2)18-27(23,25-14-7-3-12(17)4-8-14)26-15-9-5-13(6-10-15)19(21)22/h3-11H,1-2H3,(H,18,23)/t11-,27?/m1/s1. The van der Waals surface area contributed by atoms with Crippen molar-refractivity contribution >= 4 is 35.3 Å². The van der Waals surface area contributed by atoms with Crippen molar-refractivity contribution in [2.45, 2.75) is 13.0 Å². The van der Waals surface area contributed by atoms with E-state index in [0.717, 1.165) is 4.47 Å². The minimum absolute atomic E-state index is 0.0608. The van der Waals surface area contributed by atoms with Crippen LogP contribution in [0.15, 0.2) is 53.0 Å². The molecule has 0 aromatic heterocycles. The largest absolute Gasteiger partial charge is 0.513 e. The van der Waals surface area contributed by atoms with E-state index in [0.29, 0.717) is 0 Å². The number of rotatable bonds is 8. The second-order valence-electron chi connectivity index (χ2n) is 5.26. The zero-order valence-corrected chi connectivity index (χ0v) is 16.8. The number of hydrogen-bond acceptors (Lipinski definition) is 7. The van der Waals surface area contributed by atoms with Gasteiger partial charge in [-0.1, -0.05) is 15.9 Å². The van der Waals surface area contributed by atoms with E-state index >= 15 is 0 Å². The van der Waals surface area contributed by atoms with Gasteiger partial charge in [-0.25, -0.2) is 4.57 Å². The summed E-state index contributed by atoms with van der Waals surface area (Å²) in [6.45, 7) is 1.43. The summed E-state index contributed by atoms with van der Waals surface area (Å²) >= 11 is 3.28. The summed E-state index contributed by atoms with van der Waals surface area (Å²) in [6, 6.07) is 10.4. The summed E-state index contributed by atoms with van der Waals surface area (Å²) in [6.07, 6.45) is 0. The number of ether oxygens (including phenoxy) is 1. The van der Waals surface area contributed by atoms with Crippen molar-refractivity contribution in [3.05, 3.63) is 63.1 Å². The first-order chi connectivity index (χ1) is 12.7. The summed E-state index contributed by atoms with van der Waals surface area (Å²) < 4.78 is 29.4. The Morgan fingerprint density at radius 3 is 2.04 bits per heavy atom. The SMILES string of the molecule is COC(=O)[C@@H](C)NP(=O)(Oc1ccc(Br)cc1)Oc1ccc([N+](=O)[O-])cc1. The molecule has 0 aliphatic rings. The fourth-order valence-corrected chi connectivity index (χ4v) is 3.72. The number of halogens is 1. The Kier molecular flexibility index (Phi) is 6.95. The Morgan fingerprint density at radius 1 is 1.11 bits per heavy atom. The highest BCUT2D eigenvalue weighted by Crippen LogP contribution is 2.45. The molecule has 2 aromatic rings. The molecule has 0 amide bonds. The number of methoxy groups -OCH3 is 1. The van der Waals surface area contributed by atoms with Gasteiger partial charge in [0.2, 0.25) is 0 Å². The van der Waals surface area contributed by atoms with Gasteiger partial charge in [0.15, 0.2) is 0 Å². The average molecular weight is 459 g/mol. The predicted molar refractivity (Wildman–Crippen MR) is 101 cm³/mol. The quantitative estimate of drug-likeness (QED) is 0.272. The number of nitrogens with zero attached hydrogens (tertiary/aromatic N) is 1. The highest BCUT2D eigenvalue weighted by Gasteiger charge is 2.33. The fraction of sp³-hybridized carbons (Fsp3) is 0.188. The van der Waals surface area contributed by atoms with Gasteiger partial charge in [-0.05, 0) is 43.3 Å². The number of esters is 1. The molecule has 0 fully saturated rings. The van der Waals surface area contributed by atoms with Crippen LogP contribution in [0, 0.1) is 10.1 Å². The van der Waals surface area contributed by atoms with Crippen LogP contribution >= 0.6 is 23.7 Å². The van der Waals surface area contributed by atoms with Gasteiger partial charge in [-0.3, -0.25) is 14.9 Å². The molecular formula is C16H16BrN2O7P. The van der Waals surface area contributed by atoms with Gasteiger partial charge < -0.3 is 13.8 Å². The molecule has 27 heavy (non-hydrogen) atoms. The van der Waals surface area contributed by atoms with Crippen LogP contribution in [0.3, 0.4) is 0 Å². The van der Waals surface area contributed by atoms with Crippen LogP contribution in [0.25, 0.3) is 0 Å². The summed E-state index contributed by atoms with van der Waals surface area (Å²) in [7, 11) is -2.88. The van der Waals surface area contributed by atoms with Crippen molar-refractivity contribution in [1.29, 1.82) is 0 Å². The van der Waals surface area contributed by atoms with E-state index < -0.39 is 24.7 Å².